The number of amides is 3. The Morgan fingerprint density at radius 3 is 2.38 bits per heavy atom. The minimum atomic E-state index is -1.04. The maximum atomic E-state index is 12.6. The topological polar surface area (TPSA) is 124 Å². The first-order valence-electron chi connectivity index (χ1n) is 9.02. The normalized spacial score (nSPS) is 13.0. The Hall–Kier alpha value is -3.68. The van der Waals surface area contributed by atoms with Crippen LogP contribution in [-0.4, -0.2) is 45.3 Å². The number of rotatable bonds is 6. The van der Waals surface area contributed by atoms with Crippen LogP contribution in [0, 0.1) is 5.92 Å². The number of phenols is 1. The Kier molecular flexibility index (Phi) is 5.36. The highest BCUT2D eigenvalue weighted by atomic mass is 16.4. The number of aliphatic carboxylic acids is 1. The molecule has 0 saturated carbocycles. The van der Waals surface area contributed by atoms with Gasteiger partial charge in [-0.05, 0) is 41.8 Å². The quantitative estimate of drug-likeness (QED) is 0.509. The lowest BCUT2D eigenvalue weighted by Crippen LogP contribution is -2.33. The van der Waals surface area contributed by atoms with Gasteiger partial charge in [-0.15, -0.1) is 0 Å². The van der Waals surface area contributed by atoms with Gasteiger partial charge in [0.1, 0.15) is 5.75 Å². The van der Waals surface area contributed by atoms with E-state index in [2.05, 4.69) is 5.32 Å². The average Bonchev–Trinajstić information content (AvgIpc) is 2.88. The molecule has 0 bridgehead atoms. The molecule has 0 spiro atoms. The minimum Gasteiger partial charge on any atom is -0.506 e. The Morgan fingerprint density at radius 1 is 1.03 bits per heavy atom. The van der Waals surface area contributed by atoms with Crippen LogP contribution in [0.4, 0.5) is 5.69 Å². The van der Waals surface area contributed by atoms with Gasteiger partial charge in [-0.3, -0.25) is 24.1 Å². The summed E-state index contributed by atoms with van der Waals surface area (Å²) in [6.07, 6.45) is -0.260. The molecule has 3 amide bonds. The summed E-state index contributed by atoms with van der Waals surface area (Å²) in [5, 5.41) is 21.3. The van der Waals surface area contributed by atoms with Crippen LogP contribution in [0.2, 0.25) is 0 Å². The molecule has 0 atom stereocenters. The van der Waals surface area contributed by atoms with E-state index in [0.717, 1.165) is 4.90 Å². The highest BCUT2D eigenvalue weighted by Crippen LogP contribution is 2.27. The van der Waals surface area contributed by atoms with Gasteiger partial charge in [0.15, 0.2) is 0 Å². The second-order valence-electron chi connectivity index (χ2n) is 7.25. The van der Waals surface area contributed by atoms with E-state index in [1.165, 1.54) is 36.4 Å². The number of anilines is 1. The summed E-state index contributed by atoms with van der Waals surface area (Å²) in [4.78, 5) is 49.6. The van der Waals surface area contributed by atoms with Crippen LogP contribution in [0.1, 0.15) is 50.5 Å². The van der Waals surface area contributed by atoms with Crippen molar-refractivity contribution >= 4 is 29.4 Å². The molecule has 3 rings (SSSR count). The van der Waals surface area contributed by atoms with Gasteiger partial charge in [0.25, 0.3) is 17.7 Å². The number of carboxylic acids is 1. The Bertz CT molecular complexity index is 1030. The Morgan fingerprint density at radius 2 is 1.72 bits per heavy atom. The van der Waals surface area contributed by atoms with Crippen molar-refractivity contribution in [3.8, 4) is 5.75 Å². The van der Waals surface area contributed by atoms with Gasteiger partial charge in [-0.1, -0.05) is 19.9 Å². The first-order chi connectivity index (χ1) is 13.7. The summed E-state index contributed by atoms with van der Waals surface area (Å²) in [5.74, 6) is -2.58. The van der Waals surface area contributed by atoms with Crippen LogP contribution >= 0.6 is 0 Å². The predicted octanol–water partition coefficient (Wildman–Crippen LogP) is 2.52. The van der Waals surface area contributed by atoms with Gasteiger partial charge >= 0.3 is 5.97 Å². The van der Waals surface area contributed by atoms with Crippen LogP contribution < -0.4 is 5.32 Å². The second-order valence-corrected chi connectivity index (χ2v) is 7.25. The molecule has 1 aliphatic heterocycles. The van der Waals surface area contributed by atoms with E-state index in [1.54, 1.807) is 0 Å². The fourth-order valence-corrected chi connectivity index (χ4v) is 3.13. The number of carbonyl (C=O) groups excluding carboxylic acids is 3. The van der Waals surface area contributed by atoms with Crippen molar-refractivity contribution in [2.24, 2.45) is 5.92 Å². The molecule has 1 heterocycles. The molecular formula is C21H20N2O6. The van der Waals surface area contributed by atoms with Crippen molar-refractivity contribution in [1.29, 1.82) is 0 Å². The van der Waals surface area contributed by atoms with Crippen LogP contribution in [0.3, 0.4) is 0 Å². The van der Waals surface area contributed by atoms with E-state index in [9.17, 15) is 24.3 Å². The Labute approximate surface area is 166 Å². The van der Waals surface area contributed by atoms with Gasteiger partial charge in [0.2, 0.25) is 0 Å². The van der Waals surface area contributed by atoms with Crippen molar-refractivity contribution in [3.63, 3.8) is 0 Å². The summed E-state index contributed by atoms with van der Waals surface area (Å²) in [7, 11) is 0. The van der Waals surface area contributed by atoms with Gasteiger partial charge in [-0.2, -0.15) is 0 Å². The summed E-state index contributed by atoms with van der Waals surface area (Å²) < 4.78 is 0. The maximum Gasteiger partial charge on any atom is 0.307 e. The van der Waals surface area contributed by atoms with Crippen molar-refractivity contribution in [2.75, 3.05) is 11.9 Å². The van der Waals surface area contributed by atoms with Gasteiger partial charge in [0, 0.05) is 12.1 Å². The standard InChI is InChI=1S/C21H20N2O6/c1-11(2)10-23-20(28)14-5-4-13(9-15(14)21(23)29)19(27)22-16-7-12(8-18(25)26)3-6-17(16)24/h3-7,9,11,24H,8,10H2,1-2H3,(H,22,27)(H,25,26). The number of aromatic hydroxyl groups is 1. The molecule has 0 saturated heterocycles. The number of carboxylic acid groups (broad SMARTS) is 1. The molecule has 0 unspecified atom stereocenters. The van der Waals surface area contributed by atoms with E-state index in [-0.39, 0.29) is 52.9 Å². The summed E-state index contributed by atoms with van der Waals surface area (Å²) >= 11 is 0. The van der Waals surface area contributed by atoms with Crippen molar-refractivity contribution < 1.29 is 29.4 Å². The predicted molar refractivity (Wildman–Crippen MR) is 104 cm³/mol. The summed E-state index contributed by atoms with van der Waals surface area (Å²) in [6, 6.07) is 8.32. The number of fused-ring (bicyclic) bond motifs is 1. The van der Waals surface area contributed by atoms with Gasteiger partial charge < -0.3 is 15.5 Å². The summed E-state index contributed by atoms with van der Waals surface area (Å²) in [5.41, 5.74) is 1.01. The Balaban J connectivity index is 1.84. The molecule has 0 fully saturated rings. The molecule has 2 aromatic carbocycles. The minimum absolute atomic E-state index is 0.0538. The number of hydrogen-bond donors (Lipinski definition) is 3. The van der Waals surface area contributed by atoms with Crippen LogP contribution in [-0.2, 0) is 11.2 Å². The van der Waals surface area contributed by atoms with Crippen LogP contribution in [0.15, 0.2) is 36.4 Å². The maximum absolute atomic E-state index is 12.6. The van der Waals surface area contributed by atoms with Crippen molar-refractivity contribution in [1.82, 2.24) is 4.90 Å². The second kappa shape index (κ2) is 7.75. The lowest BCUT2D eigenvalue weighted by atomic mass is 10.0. The monoisotopic (exact) mass is 396 g/mol. The van der Waals surface area contributed by atoms with E-state index in [1.807, 2.05) is 13.8 Å². The lowest BCUT2D eigenvalue weighted by Gasteiger charge is -2.15. The molecule has 0 aliphatic carbocycles. The number of nitrogens with zero attached hydrogens (tertiary/aromatic N) is 1. The van der Waals surface area contributed by atoms with Gasteiger partial charge in [-0.25, -0.2) is 0 Å². The van der Waals surface area contributed by atoms with Gasteiger partial charge in [0.05, 0.1) is 23.2 Å². The average molecular weight is 396 g/mol. The number of phenolic OH excluding ortho intramolecular Hbond substituents is 1. The fourth-order valence-electron chi connectivity index (χ4n) is 3.13. The first kappa shape index (κ1) is 20.1. The van der Waals surface area contributed by atoms with Crippen molar-refractivity contribution in [3.05, 3.63) is 58.7 Å². The number of imide groups is 1. The van der Waals surface area contributed by atoms with E-state index in [0.29, 0.717) is 5.56 Å². The molecule has 0 aromatic heterocycles. The van der Waals surface area contributed by atoms with Crippen LogP contribution in [0.25, 0.3) is 0 Å². The molecule has 0 radical (unpaired) electrons. The molecule has 8 heteroatoms. The number of carbonyl (C=O) groups is 4. The molecule has 2 aromatic rings. The largest absolute Gasteiger partial charge is 0.506 e. The zero-order chi connectivity index (χ0) is 21.3. The number of hydrogen-bond acceptors (Lipinski definition) is 5. The molecular weight excluding hydrogens is 376 g/mol. The lowest BCUT2D eigenvalue weighted by molar-refractivity contribution is -0.136. The molecule has 150 valence electrons. The number of nitrogens with one attached hydrogen (secondary N) is 1. The third-order valence-electron chi connectivity index (χ3n) is 4.45. The van der Waals surface area contributed by atoms with E-state index < -0.39 is 17.8 Å². The third kappa shape index (κ3) is 4.11. The SMILES string of the molecule is CC(C)CN1C(=O)c2ccc(C(=O)Nc3cc(CC(=O)O)ccc3O)cc2C1=O. The molecule has 8 nitrogen and oxygen atoms in total. The zero-order valence-corrected chi connectivity index (χ0v) is 15.9. The third-order valence-corrected chi connectivity index (χ3v) is 4.45. The molecule has 1 aliphatic rings. The molecule has 3 N–H and O–H groups in total. The van der Waals surface area contributed by atoms with E-state index in [4.69, 9.17) is 5.11 Å². The summed E-state index contributed by atoms with van der Waals surface area (Å²) in [6.45, 7) is 4.08. The van der Waals surface area contributed by atoms with Crippen molar-refractivity contribution in [2.45, 2.75) is 20.3 Å². The fraction of sp³-hybridized carbons (Fsp3) is 0.238. The highest BCUT2D eigenvalue weighted by molar-refractivity contribution is 6.22. The van der Waals surface area contributed by atoms with Crippen LogP contribution in [0.5, 0.6) is 5.75 Å². The molecule has 29 heavy (non-hydrogen) atoms. The zero-order valence-electron chi connectivity index (χ0n) is 15.9. The smallest absolute Gasteiger partial charge is 0.307 e. The first-order valence-corrected chi connectivity index (χ1v) is 9.02. The van der Waals surface area contributed by atoms with E-state index >= 15 is 0 Å². The number of benzene rings is 2. The highest BCUT2D eigenvalue weighted by Gasteiger charge is 2.36.